The third-order valence-electron chi connectivity index (χ3n) is 3.04. The van der Waals surface area contributed by atoms with Gasteiger partial charge >= 0.3 is 0 Å². The number of carbonyl (C=O) groups is 1. The topological polar surface area (TPSA) is 32.3 Å². The summed E-state index contributed by atoms with van der Waals surface area (Å²) >= 11 is 0. The molecule has 0 spiro atoms. The molecule has 1 aromatic carbocycles. The van der Waals surface area contributed by atoms with Crippen LogP contribution >= 0.6 is 12.4 Å². The van der Waals surface area contributed by atoms with E-state index in [0.29, 0.717) is 18.5 Å². The zero-order chi connectivity index (χ0) is 13.5. The van der Waals surface area contributed by atoms with Crippen molar-refractivity contribution in [2.45, 2.75) is 19.3 Å². The van der Waals surface area contributed by atoms with Crippen LogP contribution < -0.4 is 5.32 Å². The molecule has 0 bridgehead atoms. The third kappa shape index (κ3) is 5.57. The van der Waals surface area contributed by atoms with E-state index < -0.39 is 0 Å². The van der Waals surface area contributed by atoms with Crippen LogP contribution in [-0.4, -0.2) is 38.0 Å². The fourth-order valence-corrected chi connectivity index (χ4v) is 1.81. The summed E-state index contributed by atoms with van der Waals surface area (Å²) in [4.78, 5) is 13.6. The Morgan fingerprint density at radius 1 is 1.42 bits per heavy atom. The first-order valence-corrected chi connectivity index (χ1v) is 6.19. The van der Waals surface area contributed by atoms with Gasteiger partial charge in [0.15, 0.2) is 0 Å². The van der Waals surface area contributed by atoms with Crippen molar-refractivity contribution in [1.29, 1.82) is 0 Å². The van der Waals surface area contributed by atoms with Gasteiger partial charge in [-0.25, -0.2) is 4.39 Å². The summed E-state index contributed by atoms with van der Waals surface area (Å²) in [5.41, 5.74) is 0.605. The smallest absolute Gasteiger partial charge is 0.222 e. The summed E-state index contributed by atoms with van der Waals surface area (Å²) in [7, 11) is 3.62. The molecule has 3 nitrogen and oxygen atoms in total. The van der Waals surface area contributed by atoms with Gasteiger partial charge in [0.05, 0.1) is 0 Å². The van der Waals surface area contributed by atoms with E-state index in [1.807, 2.05) is 14.0 Å². The van der Waals surface area contributed by atoms with Gasteiger partial charge in [0.25, 0.3) is 0 Å². The summed E-state index contributed by atoms with van der Waals surface area (Å²) in [5, 5.41) is 2.99. The summed E-state index contributed by atoms with van der Waals surface area (Å²) in [6, 6.07) is 6.62. The molecule has 19 heavy (non-hydrogen) atoms. The molecule has 0 aliphatic heterocycles. The summed E-state index contributed by atoms with van der Waals surface area (Å²) in [5.74, 6) is -0.299. The molecular formula is C14H22ClFN2O. The lowest BCUT2D eigenvalue weighted by molar-refractivity contribution is -0.130. The minimum absolute atomic E-state index is 0. The highest BCUT2D eigenvalue weighted by Crippen LogP contribution is 2.22. The molecule has 5 heteroatoms. The van der Waals surface area contributed by atoms with Crippen molar-refractivity contribution in [3.05, 3.63) is 35.6 Å². The highest BCUT2D eigenvalue weighted by Gasteiger charge is 2.16. The molecule has 1 unspecified atom stereocenters. The number of nitrogens with zero attached hydrogens (tertiary/aromatic N) is 1. The average Bonchev–Trinajstić information content (AvgIpc) is 2.36. The normalized spacial score (nSPS) is 11.6. The van der Waals surface area contributed by atoms with Gasteiger partial charge < -0.3 is 10.2 Å². The number of hydrogen-bond acceptors (Lipinski definition) is 2. The molecular weight excluding hydrogens is 267 g/mol. The third-order valence-corrected chi connectivity index (χ3v) is 3.04. The quantitative estimate of drug-likeness (QED) is 0.872. The molecule has 0 saturated carbocycles. The first-order chi connectivity index (χ1) is 8.56. The SMILES string of the molecule is CNCCN(C)C(=O)CC(C)c1ccccc1F.Cl. The van der Waals surface area contributed by atoms with E-state index >= 15 is 0 Å². The van der Waals surface area contributed by atoms with Gasteiger partial charge in [-0.3, -0.25) is 4.79 Å². The molecule has 0 aliphatic rings. The van der Waals surface area contributed by atoms with Crippen LogP contribution in [0.5, 0.6) is 0 Å². The Morgan fingerprint density at radius 3 is 2.63 bits per heavy atom. The maximum Gasteiger partial charge on any atom is 0.222 e. The van der Waals surface area contributed by atoms with Gasteiger partial charge in [0.2, 0.25) is 5.91 Å². The van der Waals surface area contributed by atoms with Gasteiger partial charge in [-0.15, -0.1) is 12.4 Å². The maximum absolute atomic E-state index is 13.6. The van der Waals surface area contributed by atoms with Crippen LogP contribution in [0.1, 0.15) is 24.8 Å². The Morgan fingerprint density at radius 2 is 2.05 bits per heavy atom. The first kappa shape index (κ1) is 17.9. The zero-order valence-electron chi connectivity index (χ0n) is 11.6. The van der Waals surface area contributed by atoms with Crippen LogP contribution in [0.25, 0.3) is 0 Å². The molecule has 0 saturated heterocycles. The van der Waals surface area contributed by atoms with Crippen LogP contribution in [0.15, 0.2) is 24.3 Å². The molecule has 1 atom stereocenters. The van der Waals surface area contributed by atoms with Gasteiger partial charge in [0.1, 0.15) is 5.82 Å². The Bertz CT molecular complexity index is 401. The lowest BCUT2D eigenvalue weighted by Gasteiger charge is -2.20. The second kappa shape index (κ2) is 8.88. The summed E-state index contributed by atoms with van der Waals surface area (Å²) < 4.78 is 13.6. The minimum Gasteiger partial charge on any atom is -0.344 e. The number of rotatable bonds is 6. The predicted molar refractivity (Wildman–Crippen MR) is 78.2 cm³/mol. The van der Waals surface area contributed by atoms with E-state index in [2.05, 4.69) is 5.32 Å². The van der Waals surface area contributed by atoms with Crippen molar-refractivity contribution >= 4 is 18.3 Å². The van der Waals surface area contributed by atoms with E-state index in [-0.39, 0.29) is 30.0 Å². The molecule has 1 rings (SSSR count). The van der Waals surface area contributed by atoms with Crippen molar-refractivity contribution < 1.29 is 9.18 Å². The standard InChI is InChI=1S/C14H21FN2O.ClH/c1-11(12-6-4-5-7-13(12)15)10-14(18)17(3)9-8-16-2;/h4-7,11,16H,8-10H2,1-3H3;1H. The van der Waals surface area contributed by atoms with Crippen molar-refractivity contribution in [2.75, 3.05) is 27.2 Å². The number of carbonyl (C=O) groups excluding carboxylic acids is 1. The lowest BCUT2D eigenvalue weighted by Crippen LogP contribution is -2.33. The van der Waals surface area contributed by atoms with Crippen LogP contribution in [-0.2, 0) is 4.79 Å². The molecule has 0 fully saturated rings. The van der Waals surface area contributed by atoms with Gasteiger partial charge in [-0.2, -0.15) is 0 Å². The van der Waals surface area contributed by atoms with Gasteiger partial charge in [-0.05, 0) is 24.6 Å². The Labute approximate surface area is 120 Å². The maximum atomic E-state index is 13.6. The number of likely N-dealkylation sites (N-methyl/N-ethyl adjacent to an activating group) is 2. The van der Waals surface area contributed by atoms with Gasteiger partial charge in [-0.1, -0.05) is 25.1 Å². The number of benzene rings is 1. The van der Waals surface area contributed by atoms with E-state index in [9.17, 15) is 9.18 Å². The molecule has 1 aromatic rings. The molecule has 1 N–H and O–H groups in total. The molecule has 0 aromatic heterocycles. The molecule has 0 radical (unpaired) electrons. The highest BCUT2D eigenvalue weighted by atomic mass is 35.5. The van der Waals surface area contributed by atoms with Gasteiger partial charge in [0, 0.05) is 26.6 Å². The Hall–Kier alpha value is -1.13. The van der Waals surface area contributed by atoms with Crippen LogP contribution in [0.2, 0.25) is 0 Å². The van der Waals surface area contributed by atoms with Crippen molar-refractivity contribution in [2.24, 2.45) is 0 Å². The zero-order valence-corrected chi connectivity index (χ0v) is 12.5. The molecule has 108 valence electrons. The van der Waals surface area contributed by atoms with E-state index in [1.54, 1.807) is 30.1 Å². The van der Waals surface area contributed by atoms with E-state index in [0.717, 1.165) is 6.54 Å². The Kier molecular flexibility index (Phi) is 8.35. The number of nitrogens with one attached hydrogen (secondary N) is 1. The second-order valence-corrected chi connectivity index (χ2v) is 4.55. The monoisotopic (exact) mass is 288 g/mol. The van der Waals surface area contributed by atoms with Crippen LogP contribution in [0, 0.1) is 5.82 Å². The predicted octanol–water partition coefficient (Wildman–Crippen LogP) is 2.42. The lowest BCUT2D eigenvalue weighted by atomic mass is 9.97. The number of amides is 1. The summed E-state index contributed by atoms with van der Waals surface area (Å²) in [6.07, 6.45) is 0.334. The van der Waals surface area contributed by atoms with Crippen molar-refractivity contribution in [3.8, 4) is 0 Å². The minimum atomic E-state index is -0.240. The first-order valence-electron chi connectivity index (χ1n) is 6.19. The average molecular weight is 289 g/mol. The molecule has 1 amide bonds. The molecule has 0 aliphatic carbocycles. The highest BCUT2D eigenvalue weighted by molar-refractivity contribution is 5.85. The molecule has 0 heterocycles. The van der Waals surface area contributed by atoms with E-state index in [1.165, 1.54) is 6.07 Å². The van der Waals surface area contributed by atoms with Crippen molar-refractivity contribution in [1.82, 2.24) is 10.2 Å². The van der Waals surface area contributed by atoms with Crippen molar-refractivity contribution in [3.63, 3.8) is 0 Å². The largest absolute Gasteiger partial charge is 0.344 e. The Balaban J connectivity index is 0.00000324. The van der Waals surface area contributed by atoms with E-state index in [4.69, 9.17) is 0 Å². The number of halogens is 2. The fourth-order valence-electron chi connectivity index (χ4n) is 1.81. The van der Waals surface area contributed by atoms with Crippen LogP contribution in [0.4, 0.5) is 4.39 Å². The second-order valence-electron chi connectivity index (χ2n) is 4.55. The fraction of sp³-hybridized carbons (Fsp3) is 0.500. The number of hydrogen-bond donors (Lipinski definition) is 1. The van der Waals surface area contributed by atoms with Crippen LogP contribution in [0.3, 0.4) is 0 Å². The summed E-state index contributed by atoms with van der Waals surface area (Å²) in [6.45, 7) is 3.30.